The molecular formula is C13H23N3O4. The van der Waals surface area contributed by atoms with Gasteiger partial charge in [-0.15, -0.1) is 0 Å². The Bertz CT molecular complexity index is 348. The van der Waals surface area contributed by atoms with Gasteiger partial charge in [-0.1, -0.05) is 0 Å². The van der Waals surface area contributed by atoms with Gasteiger partial charge in [-0.25, -0.2) is 4.79 Å². The Morgan fingerprint density at radius 3 is 2.70 bits per heavy atom. The lowest BCUT2D eigenvalue weighted by Gasteiger charge is -2.34. The maximum Gasteiger partial charge on any atom is 0.317 e. The minimum Gasteiger partial charge on any atom is -0.481 e. The highest BCUT2D eigenvalue weighted by molar-refractivity contribution is 5.78. The molecule has 0 radical (unpaired) electrons. The number of carbonyl (C=O) groups is 2. The number of carbonyl (C=O) groups excluding carboxylic acids is 1. The van der Waals surface area contributed by atoms with E-state index in [9.17, 15) is 14.7 Å². The Morgan fingerprint density at radius 1 is 1.25 bits per heavy atom. The van der Waals surface area contributed by atoms with Crippen LogP contribution in [0.4, 0.5) is 4.79 Å². The molecule has 2 fully saturated rings. The van der Waals surface area contributed by atoms with E-state index >= 15 is 0 Å². The topological polar surface area (TPSA) is 90.9 Å². The molecule has 0 bridgehead atoms. The summed E-state index contributed by atoms with van der Waals surface area (Å²) in [4.78, 5) is 25.4. The molecule has 0 aliphatic carbocycles. The molecule has 7 heteroatoms. The smallest absolute Gasteiger partial charge is 0.317 e. The van der Waals surface area contributed by atoms with Gasteiger partial charge >= 0.3 is 12.0 Å². The molecule has 0 atom stereocenters. The Hall–Kier alpha value is -1.34. The van der Waals surface area contributed by atoms with Crippen molar-refractivity contribution in [3.63, 3.8) is 0 Å². The van der Waals surface area contributed by atoms with Gasteiger partial charge < -0.3 is 25.4 Å². The summed E-state index contributed by atoms with van der Waals surface area (Å²) in [5, 5.41) is 15.5. The monoisotopic (exact) mass is 285 g/mol. The quantitative estimate of drug-likeness (QED) is 0.672. The molecule has 2 amide bonds. The van der Waals surface area contributed by atoms with Crippen LogP contribution in [-0.4, -0.2) is 67.9 Å². The van der Waals surface area contributed by atoms with Crippen molar-refractivity contribution in [2.45, 2.75) is 19.3 Å². The van der Waals surface area contributed by atoms with Crippen LogP contribution in [0.1, 0.15) is 19.3 Å². The van der Waals surface area contributed by atoms with Gasteiger partial charge in [0.05, 0.1) is 5.41 Å². The van der Waals surface area contributed by atoms with Crippen LogP contribution in [0.5, 0.6) is 0 Å². The van der Waals surface area contributed by atoms with Crippen LogP contribution in [0.2, 0.25) is 0 Å². The zero-order valence-electron chi connectivity index (χ0n) is 11.7. The number of hydrogen-bond acceptors (Lipinski definition) is 4. The predicted molar refractivity (Wildman–Crippen MR) is 72.6 cm³/mol. The second-order valence-electron chi connectivity index (χ2n) is 5.45. The van der Waals surface area contributed by atoms with Crippen molar-refractivity contribution in [3.8, 4) is 0 Å². The maximum atomic E-state index is 12.1. The largest absolute Gasteiger partial charge is 0.481 e. The predicted octanol–water partition coefficient (Wildman–Crippen LogP) is -0.127. The van der Waals surface area contributed by atoms with Gasteiger partial charge in [0.1, 0.15) is 0 Å². The highest BCUT2D eigenvalue weighted by Gasteiger charge is 2.40. The fraction of sp³-hybridized carbons (Fsp3) is 0.846. The number of nitrogens with one attached hydrogen (secondary N) is 2. The summed E-state index contributed by atoms with van der Waals surface area (Å²) in [5.41, 5.74) is -0.877. The zero-order chi connectivity index (χ0) is 14.4. The molecule has 2 heterocycles. The number of ether oxygens (including phenoxy) is 1. The van der Waals surface area contributed by atoms with E-state index in [1.165, 1.54) is 0 Å². The SMILES string of the molecule is O=C(NCC1(C(=O)O)CCOCC1)N1CCCNCC1. The van der Waals surface area contributed by atoms with Gasteiger partial charge in [0.25, 0.3) is 0 Å². The van der Waals surface area contributed by atoms with E-state index < -0.39 is 11.4 Å². The van der Waals surface area contributed by atoms with E-state index in [2.05, 4.69) is 10.6 Å². The molecule has 20 heavy (non-hydrogen) atoms. The van der Waals surface area contributed by atoms with Crippen LogP contribution in [0.3, 0.4) is 0 Å². The van der Waals surface area contributed by atoms with Gasteiger partial charge in [-0.3, -0.25) is 4.79 Å². The average Bonchev–Trinajstić information content (AvgIpc) is 2.74. The lowest BCUT2D eigenvalue weighted by atomic mass is 9.80. The van der Waals surface area contributed by atoms with Gasteiger partial charge in [0, 0.05) is 39.4 Å². The van der Waals surface area contributed by atoms with E-state index in [-0.39, 0.29) is 12.6 Å². The Balaban J connectivity index is 1.88. The van der Waals surface area contributed by atoms with Crippen LogP contribution < -0.4 is 10.6 Å². The molecule has 2 aliphatic heterocycles. The van der Waals surface area contributed by atoms with E-state index in [1.807, 2.05) is 0 Å². The van der Waals surface area contributed by atoms with Crippen molar-refractivity contribution < 1.29 is 19.4 Å². The molecule has 114 valence electrons. The van der Waals surface area contributed by atoms with Crippen molar-refractivity contribution in [1.82, 2.24) is 15.5 Å². The highest BCUT2D eigenvalue weighted by Crippen LogP contribution is 2.30. The Morgan fingerprint density at radius 2 is 2.00 bits per heavy atom. The fourth-order valence-electron chi connectivity index (χ4n) is 2.63. The number of rotatable bonds is 3. The standard InChI is InChI=1S/C13H23N3O4/c17-11(18)13(2-8-20-9-3-13)10-15-12(19)16-6-1-4-14-5-7-16/h14H,1-10H2,(H,15,19)(H,17,18). The molecule has 0 aromatic carbocycles. The minimum atomic E-state index is -0.877. The van der Waals surface area contributed by atoms with Crippen LogP contribution >= 0.6 is 0 Å². The molecule has 2 saturated heterocycles. The average molecular weight is 285 g/mol. The Kier molecular flexibility index (Phi) is 5.19. The number of urea groups is 1. The molecule has 0 saturated carbocycles. The van der Waals surface area contributed by atoms with E-state index in [1.54, 1.807) is 4.90 Å². The third-order valence-electron chi connectivity index (χ3n) is 4.11. The third kappa shape index (κ3) is 3.61. The summed E-state index contributed by atoms with van der Waals surface area (Å²) in [6.45, 7) is 4.13. The van der Waals surface area contributed by atoms with E-state index in [0.717, 1.165) is 19.5 Å². The van der Waals surface area contributed by atoms with Crippen molar-refractivity contribution in [3.05, 3.63) is 0 Å². The number of hydrogen-bond donors (Lipinski definition) is 3. The lowest BCUT2D eigenvalue weighted by Crippen LogP contribution is -2.50. The van der Waals surface area contributed by atoms with Crippen molar-refractivity contribution in [2.24, 2.45) is 5.41 Å². The molecule has 2 rings (SSSR count). The summed E-state index contributed by atoms with van der Waals surface area (Å²) in [6, 6.07) is -0.166. The normalized spacial score (nSPS) is 22.9. The van der Waals surface area contributed by atoms with Gasteiger partial charge in [0.2, 0.25) is 0 Å². The van der Waals surface area contributed by atoms with Crippen LogP contribution in [-0.2, 0) is 9.53 Å². The molecule has 0 unspecified atom stereocenters. The maximum absolute atomic E-state index is 12.1. The molecule has 0 aromatic rings. The van der Waals surface area contributed by atoms with E-state index in [4.69, 9.17) is 4.74 Å². The van der Waals surface area contributed by atoms with E-state index in [0.29, 0.717) is 39.1 Å². The van der Waals surface area contributed by atoms with Crippen molar-refractivity contribution in [2.75, 3.05) is 45.9 Å². The molecule has 3 N–H and O–H groups in total. The summed E-state index contributed by atoms with van der Waals surface area (Å²) in [6.07, 6.45) is 1.82. The third-order valence-corrected chi connectivity index (χ3v) is 4.11. The molecule has 0 spiro atoms. The first-order chi connectivity index (χ1) is 9.64. The minimum absolute atomic E-state index is 0.166. The van der Waals surface area contributed by atoms with Crippen LogP contribution in [0, 0.1) is 5.41 Å². The second-order valence-corrected chi connectivity index (χ2v) is 5.45. The first-order valence-electron chi connectivity index (χ1n) is 7.19. The molecule has 0 aromatic heterocycles. The lowest BCUT2D eigenvalue weighted by molar-refractivity contribution is -0.154. The summed E-state index contributed by atoms with van der Waals surface area (Å²) >= 11 is 0. The Labute approximate surface area is 118 Å². The molecular weight excluding hydrogens is 262 g/mol. The number of nitrogens with zero attached hydrogens (tertiary/aromatic N) is 1. The zero-order valence-corrected chi connectivity index (χ0v) is 11.7. The highest BCUT2D eigenvalue weighted by atomic mass is 16.5. The van der Waals surface area contributed by atoms with Gasteiger partial charge in [0.15, 0.2) is 0 Å². The number of carboxylic acids is 1. The van der Waals surface area contributed by atoms with Gasteiger partial charge in [-0.05, 0) is 25.8 Å². The van der Waals surface area contributed by atoms with Crippen molar-refractivity contribution >= 4 is 12.0 Å². The number of carboxylic acid groups (broad SMARTS) is 1. The molecule has 2 aliphatic rings. The summed E-state index contributed by atoms with van der Waals surface area (Å²) in [5.74, 6) is -0.848. The summed E-state index contributed by atoms with van der Waals surface area (Å²) < 4.78 is 5.22. The fourth-order valence-corrected chi connectivity index (χ4v) is 2.63. The van der Waals surface area contributed by atoms with Crippen molar-refractivity contribution in [1.29, 1.82) is 0 Å². The number of aliphatic carboxylic acids is 1. The first kappa shape index (κ1) is 15.1. The van der Waals surface area contributed by atoms with Crippen LogP contribution in [0.15, 0.2) is 0 Å². The molecule has 7 nitrogen and oxygen atoms in total. The van der Waals surface area contributed by atoms with Crippen LogP contribution in [0.25, 0.3) is 0 Å². The summed E-state index contributed by atoms with van der Waals surface area (Å²) in [7, 11) is 0. The second kappa shape index (κ2) is 6.90. The first-order valence-corrected chi connectivity index (χ1v) is 7.19. The van der Waals surface area contributed by atoms with Gasteiger partial charge in [-0.2, -0.15) is 0 Å². The number of amides is 2.